The number of aryl methyl sites for hydroxylation is 1. The summed E-state index contributed by atoms with van der Waals surface area (Å²) >= 11 is 0. The SMILES string of the molecule is Cc1nnn(CC2CCN(C(=O)O)CC2)n1. The summed E-state index contributed by atoms with van der Waals surface area (Å²) in [5.74, 6) is 1.12. The average molecular weight is 225 g/mol. The van der Waals surface area contributed by atoms with Crippen molar-refractivity contribution in [1.29, 1.82) is 0 Å². The van der Waals surface area contributed by atoms with Crippen LogP contribution in [0.4, 0.5) is 4.79 Å². The predicted octanol–water partition coefficient (Wildman–Crippen LogP) is 0.372. The number of carboxylic acid groups (broad SMARTS) is 1. The van der Waals surface area contributed by atoms with Gasteiger partial charge in [0.2, 0.25) is 0 Å². The summed E-state index contributed by atoms with van der Waals surface area (Å²) in [4.78, 5) is 13.8. The van der Waals surface area contributed by atoms with Gasteiger partial charge in [-0.15, -0.1) is 10.2 Å². The van der Waals surface area contributed by atoms with E-state index in [1.165, 1.54) is 4.90 Å². The standard InChI is InChI=1S/C9H15N5O2/c1-7-10-12-14(11-7)6-8-2-4-13(5-3-8)9(15)16/h8H,2-6H2,1H3,(H,15,16). The molecule has 0 bridgehead atoms. The summed E-state index contributed by atoms with van der Waals surface area (Å²) in [5, 5.41) is 20.6. The van der Waals surface area contributed by atoms with Crippen LogP contribution < -0.4 is 0 Å². The number of carbonyl (C=O) groups is 1. The van der Waals surface area contributed by atoms with Crippen molar-refractivity contribution in [3.63, 3.8) is 0 Å². The number of tetrazole rings is 1. The zero-order valence-electron chi connectivity index (χ0n) is 9.20. The molecule has 0 unspecified atom stereocenters. The molecule has 0 radical (unpaired) electrons. The molecule has 0 spiro atoms. The van der Waals surface area contributed by atoms with Gasteiger partial charge in [-0.05, 0) is 30.9 Å². The topological polar surface area (TPSA) is 84.1 Å². The Morgan fingerprint density at radius 1 is 1.50 bits per heavy atom. The van der Waals surface area contributed by atoms with Crippen molar-refractivity contribution in [1.82, 2.24) is 25.1 Å². The highest BCUT2D eigenvalue weighted by Gasteiger charge is 2.22. The predicted molar refractivity (Wildman–Crippen MR) is 54.9 cm³/mol. The van der Waals surface area contributed by atoms with E-state index in [1.54, 1.807) is 11.7 Å². The van der Waals surface area contributed by atoms with Gasteiger partial charge in [-0.2, -0.15) is 4.80 Å². The van der Waals surface area contributed by atoms with Gasteiger partial charge >= 0.3 is 6.09 Å². The molecule has 1 aliphatic rings. The van der Waals surface area contributed by atoms with Crippen LogP contribution >= 0.6 is 0 Å². The van der Waals surface area contributed by atoms with E-state index in [-0.39, 0.29) is 0 Å². The zero-order valence-corrected chi connectivity index (χ0v) is 9.20. The van der Waals surface area contributed by atoms with Crippen LogP contribution in [0.15, 0.2) is 0 Å². The van der Waals surface area contributed by atoms with E-state index in [0.717, 1.165) is 19.4 Å². The molecule has 1 aromatic rings. The van der Waals surface area contributed by atoms with Crippen molar-refractivity contribution in [3.8, 4) is 0 Å². The molecule has 2 heterocycles. The Morgan fingerprint density at radius 3 is 2.69 bits per heavy atom. The lowest BCUT2D eigenvalue weighted by molar-refractivity contribution is 0.120. The fraction of sp³-hybridized carbons (Fsp3) is 0.778. The number of rotatable bonds is 2. The van der Waals surface area contributed by atoms with Crippen molar-refractivity contribution in [2.75, 3.05) is 13.1 Å². The minimum absolute atomic E-state index is 0.448. The maximum atomic E-state index is 10.7. The third-order valence-electron chi connectivity index (χ3n) is 2.86. The first-order valence-electron chi connectivity index (χ1n) is 5.37. The van der Waals surface area contributed by atoms with Crippen molar-refractivity contribution in [3.05, 3.63) is 5.82 Å². The average Bonchev–Trinajstić information content (AvgIpc) is 2.65. The Kier molecular flexibility index (Phi) is 3.02. The summed E-state index contributed by atoms with van der Waals surface area (Å²) < 4.78 is 0. The molecule has 0 atom stereocenters. The molecule has 0 aromatic carbocycles. The Balaban J connectivity index is 1.83. The van der Waals surface area contributed by atoms with Crippen molar-refractivity contribution in [2.45, 2.75) is 26.3 Å². The van der Waals surface area contributed by atoms with E-state index >= 15 is 0 Å². The first kappa shape index (κ1) is 10.8. The van der Waals surface area contributed by atoms with Crippen LogP contribution in [0.3, 0.4) is 0 Å². The molecule has 1 fully saturated rings. The Morgan fingerprint density at radius 2 is 2.19 bits per heavy atom. The van der Waals surface area contributed by atoms with Crippen molar-refractivity contribution < 1.29 is 9.90 Å². The molecule has 0 saturated carbocycles. The molecule has 1 aliphatic heterocycles. The van der Waals surface area contributed by atoms with Gasteiger partial charge in [0.05, 0.1) is 6.54 Å². The van der Waals surface area contributed by atoms with Crippen LogP contribution in [0.25, 0.3) is 0 Å². The minimum atomic E-state index is -0.826. The second-order valence-corrected chi connectivity index (χ2v) is 4.10. The van der Waals surface area contributed by atoms with Gasteiger partial charge in [0.15, 0.2) is 5.82 Å². The van der Waals surface area contributed by atoms with Gasteiger partial charge in [0.25, 0.3) is 0 Å². The normalized spacial score (nSPS) is 17.7. The van der Waals surface area contributed by atoms with E-state index < -0.39 is 6.09 Å². The molecule has 0 aliphatic carbocycles. The molecule has 88 valence electrons. The molecule has 1 aromatic heterocycles. The van der Waals surface area contributed by atoms with Crippen LogP contribution in [0, 0.1) is 12.8 Å². The quantitative estimate of drug-likeness (QED) is 0.786. The highest BCUT2D eigenvalue weighted by atomic mass is 16.4. The van der Waals surface area contributed by atoms with Gasteiger partial charge in [-0.1, -0.05) is 0 Å². The van der Waals surface area contributed by atoms with Crippen LogP contribution in [-0.2, 0) is 6.54 Å². The van der Waals surface area contributed by atoms with Crippen LogP contribution in [0.5, 0.6) is 0 Å². The maximum Gasteiger partial charge on any atom is 0.407 e. The van der Waals surface area contributed by atoms with E-state index in [9.17, 15) is 4.79 Å². The monoisotopic (exact) mass is 225 g/mol. The summed E-state index contributed by atoms with van der Waals surface area (Å²) in [6.07, 6.45) is 0.910. The van der Waals surface area contributed by atoms with E-state index in [0.29, 0.717) is 24.8 Å². The second kappa shape index (κ2) is 4.46. The second-order valence-electron chi connectivity index (χ2n) is 4.10. The van der Waals surface area contributed by atoms with Gasteiger partial charge in [-0.3, -0.25) is 0 Å². The molecular formula is C9H15N5O2. The summed E-state index contributed by atoms with van der Waals surface area (Å²) in [7, 11) is 0. The highest BCUT2D eigenvalue weighted by molar-refractivity contribution is 5.64. The Bertz CT molecular complexity index is 370. The molecule has 1 N–H and O–H groups in total. The number of piperidine rings is 1. The lowest BCUT2D eigenvalue weighted by Crippen LogP contribution is -2.38. The number of likely N-dealkylation sites (tertiary alicyclic amines) is 1. The lowest BCUT2D eigenvalue weighted by atomic mass is 9.97. The van der Waals surface area contributed by atoms with Crippen molar-refractivity contribution >= 4 is 6.09 Å². The fourth-order valence-corrected chi connectivity index (χ4v) is 1.94. The summed E-state index contributed by atoms with van der Waals surface area (Å²) in [6, 6.07) is 0. The molecule has 1 amide bonds. The van der Waals surface area contributed by atoms with Crippen molar-refractivity contribution in [2.24, 2.45) is 5.92 Å². The smallest absolute Gasteiger partial charge is 0.407 e. The number of nitrogens with zero attached hydrogens (tertiary/aromatic N) is 5. The van der Waals surface area contributed by atoms with Crippen LogP contribution in [0.2, 0.25) is 0 Å². The fourth-order valence-electron chi connectivity index (χ4n) is 1.94. The van der Waals surface area contributed by atoms with Gasteiger partial charge in [0, 0.05) is 13.1 Å². The number of hydrogen-bond acceptors (Lipinski definition) is 4. The van der Waals surface area contributed by atoms with E-state index in [4.69, 9.17) is 5.11 Å². The number of aromatic nitrogens is 4. The molecule has 7 nitrogen and oxygen atoms in total. The number of amides is 1. The van der Waals surface area contributed by atoms with Crippen LogP contribution in [0.1, 0.15) is 18.7 Å². The van der Waals surface area contributed by atoms with Gasteiger partial charge < -0.3 is 10.0 Å². The van der Waals surface area contributed by atoms with Gasteiger partial charge in [-0.25, -0.2) is 4.79 Å². The highest BCUT2D eigenvalue weighted by Crippen LogP contribution is 2.18. The first-order chi connectivity index (χ1) is 7.65. The lowest BCUT2D eigenvalue weighted by Gasteiger charge is -2.29. The third kappa shape index (κ3) is 2.47. The number of hydrogen-bond donors (Lipinski definition) is 1. The van der Waals surface area contributed by atoms with E-state index in [1.807, 2.05) is 0 Å². The maximum absolute atomic E-state index is 10.7. The minimum Gasteiger partial charge on any atom is -0.465 e. The van der Waals surface area contributed by atoms with E-state index in [2.05, 4.69) is 15.4 Å². The molecule has 16 heavy (non-hydrogen) atoms. The Hall–Kier alpha value is -1.66. The molecular weight excluding hydrogens is 210 g/mol. The largest absolute Gasteiger partial charge is 0.465 e. The molecule has 2 rings (SSSR count). The summed E-state index contributed by atoms with van der Waals surface area (Å²) in [5.41, 5.74) is 0. The Labute approximate surface area is 93.0 Å². The summed E-state index contributed by atoms with van der Waals surface area (Å²) in [6.45, 7) is 3.74. The first-order valence-corrected chi connectivity index (χ1v) is 5.37. The third-order valence-corrected chi connectivity index (χ3v) is 2.86. The molecule has 1 saturated heterocycles. The van der Waals surface area contributed by atoms with Gasteiger partial charge in [0.1, 0.15) is 0 Å². The zero-order chi connectivity index (χ0) is 11.5. The molecule has 7 heteroatoms. The van der Waals surface area contributed by atoms with Crippen LogP contribution in [-0.4, -0.2) is 49.4 Å².